The van der Waals surface area contributed by atoms with Crippen molar-refractivity contribution in [2.24, 2.45) is 0 Å². The van der Waals surface area contributed by atoms with E-state index in [9.17, 15) is 22.8 Å². The molecule has 0 aromatic heterocycles. The highest BCUT2D eigenvalue weighted by molar-refractivity contribution is 9.10. The van der Waals surface area contributed by atoms with Gasteiger partial charge >= 0.3 is 12.1 Å². The number of amides is 1. The van der Waals surface area contributed by atoms with Crippen LogP contribution in [0.15, 0.2) is 22.7 Å². The quantitative estimate of drug-likeness (QED) is 0.587. The van der Waals surface area contributed by atoms with Crippen LogP contribution in [0.5, 0.6) is 0 Å². The number of ether oxygens (including phenoxy) is 1. The maximum Gasteiger partial charge on any atom is 0.417 e. The molecule has 1 atom stereocenters. The highest BCUT2D eigenvalue weighted by Crippen LogP contribution is 2.33. The van der Waals surface area contributed by atoms with Gasteiger partial charge in [0.05, 0.1) is 18.2 Å². The second-order valence-electron chi connectivity index (χ2n) is 3.89. The van der Waals surface area contributed by atoms with E-state index in [0.717, 1.165) is 19.2 Å². The lowest BCUT2D eigenvalue weighted by molar-refractivity contribution is -0.140. The number of methoxy groups -OCH3 is 1. The van der Waals surface area contributed by atoms with Crippen LogP contribution in [-0.4, -0.2) is 30.4 Å². The first-order valence-electron chi connectivity index (χ1n) is 5.53. The lowest BCUT2D eigenvalue weighted by Gasteiger charge is -2.14. The first-order chi connectivity index (χ1) is 9.66. The van der Waals surface area contributed by atoms with Crippen LogP contribution in [0.25, 0.3) is 0 Å². The molecule has 9 heteroatoms. The fraction of sp³-hybridized carbons (Fsp3) is 0.333. The molecule has 1 amide bonds. The van der Waals surface area contributed by atoms with Gasteiger partial charge in [-0.15, -0.1) is 0 Å². The van der Waals surface area contributed by atoms with Gasteiger partial charge < -0.3 is 10.1 Å². The van der Waals surface area contributed by atoms with E-state index < -0.39 is 34.0 Å². The number of nitrogens with one attached hydrogen (secondary N) is 1. The molecular formula is C12H10Br2F3NO3. The minimum atomic E-state index is -4.66. The van der Waals surface area contributed by atoms with Gasteiger partial charge in [-0.2, -0.15) is 13.2 Å². The third kappa shape index (κ3) is 4.99. The largest absolute Gasteiger partial charge is 0.468 e. The molecule has 0 aliphatic heterocycles. The molecule has 0 spiro atoms. The molecule has 1 unspecified atom stereocenters. The molecule has 0 radical (unpaired) electrons. The monoisotopic (exact) mass is 431 g/mol. The summed E-state index contributed by atoms with van der Waals surface area (Å²) in [6, 6.07) is 3.21. The van der Waals surface area contributed by atoms with Crippen LogP contribution in [-0.2, 0) is 15.7 Å². The van der Waals surface area contributed by atoms with Gasteiger partial charge in [-0.25, -0.2) is 0 Å². The molecular weight excluding hydrogens is 423 g/mol. The lowest BCUT2D eigenvalue weighted by atomic mass is 10.1. The Morgan fingerprint density at radius 3 is 2.52 bits per heavy atom. The predicted molar refractivity (Wildman–Crippen MR) is 76.2 cm³/mol. The number of rotatable bonds is 4. The molecule has 21 heavy (non-hydrogen) atoms. The SMILES string of the molecule is COC(=O)C(Br)CNC(=O)c1ccc(Br)cc1C(F)(F)F. The molecule has 0 saturated heterocycles. The fourth-order valence-electron chi connectivity index (χ4n) is 1.44. The van der Waals surface area contributed by atoms with Gasteiger partial charge in [-0.1, -0.05) is 31.9 Å². The number of carbonyl (C=O) groups excluding carboxylic acids is 2. The first-order valence-corrected chi connectivity index (χ1v) is 7.24. The molecule has 1 aromatic rings. The van der Waals surface area contributed by atoms with Crippen molar-refractivity contribution in [1.82, 2.24) is 5.32 Å². The predicted octanol–water partition coefficient (Wildman–Crippen LogP) is 3.13. The topological polar surface area (TPSA) is 55.4 Å². The van der Waals surface area contributed by atoms with E-state index >= 15 is 0 Å². The number of halogens is 5. The smallest absolute Gasteiger partial charge is 0.417 e. The van der Waals surface area contributed by atoms with Gasteiger partial charge in [-0.05, 0) is 18.2 Å². The zero-order valence-electron chi connectivity index (χ0n) is 10.6. The second-order valence-corrected chi connectivity index (χ2v) is 5.91. The van der Waals surface area contributed by atoms with Crippen molar-refractivity contribution < 1.29 is 27.5 Å². The van der Waals surface area contributed by atoms with Crippen LogP contribution in [0.4, 0.5) is 13.2 Å². The maximum absolute atomic E-state index is 12.9. The molecule has 1 aromatic carbocycles. The van der Waals surface area contributed by atoms with E-state index in [1.165, 1.54) is 6.07 Å². The number of hydrogen-bond donors (Lipinski definition) is 1. The summed E-state index contributed by atoms with van der Waals surface area (Å²) < 4.78 is 43.3. The van der Waals surface area contributed by atoms with Crippen molar-refractivity contribution >= 4 is 43.7 Å². The lowest BCUT2D eigenvalue weighted by Crippen LogP contribution is -2.34. The zero-order chi connectivity index (χ0) is 16.2. The van der Waals surface area contributed by atoms with Crippen molar-refractivity contribution in [2.75, 3.05) is 13.7 Å². The summed E-state index contributed by atoms with van der Waals surface area (Å²) in [5.41, 5.74) is -1.58. The highest BCUT2D eigenvalue weighted by Gasteiger charge is 2.35. The van der Waals surface area contributed by atoms with Gasteiger partial charge in [0.25, 0.3) is 5.91 Å². The Labute approximate surface area is 135 Å². The number of esters is 1. The van der Waals surface area contributed by atoms with E-state index in [1.807, 2.05) is 0 Å². The third-order valence-electron chi connectivity index (χ3n) is 2.43. The van der Waals surface area contributed by atoms with Crippen LogP contribution >= 0.6 is 31.9 Å². The number of alkyl halides is 4. The Bertz CT molecular complexity index is 549. The third-order valence-corrected chi connectivity index (χ3v) is 3.62. The molecule has 4 nitrogen and oxygen atoms in total. The van der Waals surface area contributed by atoms with E-state index in [2.05, 4.69) is 41.9 Å². The Morgan fingerprint density at radius 2 is 2.00 bits per heavy atom. The minimum Gasteiger partial charge on any atom is -0.468 e. The molecule has 0 aliphatic carbocycles. The van der Waals surface area contributed by atoms with Gasteiger partial charge in [0.15, 0.2) is 0 Å². The van der Waals surface area contributed by atoms with Crippen molar-refractivity contribution in [1.29, 1.82) is 0 Å². The summed E-state index contributed by atoms with van der Waals surface area (Å²) in [6.07, 6.45) is -4.66. The molecule has 1 N–H and O–H groups in total. The molecule has 0 bridgehead atoms. The Hall–Kier alpha value is -1.09. The molecule has 0 heterocycles. The summed E-state index contributed by atoms with van der Waals surface area (Å²) in [7, 11) is 1.16. The van der Waals surface area contributed by atoms with Gasteiger partial charge in [0, 0.05) is 11.0 Å². The zero-order valence-corrected chi connectivity index (χ0v) is 13.8. The van der Waals surface area contributed by atoms with E-state index in [0.29, 0.717) is 0 Å². The summed E-state index contributed by atoms with van der Waals surface area (Å²) in [6.45, 7) is -0.196. The minimum absolute atomic E-state index is 0.196. The van der Waals surface area contributed by atoms with Gasteiger partial charge in [-0.3, -0.25) is 9.59 Å². The average Bonchev–Trinajstić information content (AvgIpc) is 2.42. The first kappa shape index (κ1) is 18.0. The number of benzene rings is 1. The Morgan fingerprint density at radius 1 is 1.38 bits per heavy atom. The van der Waals surface area contributed by atoms with Crippen molar-refractivity contribution in [3.05, 3.63) is 33.8 Å². The average molecular weight is 433 g/mol. The Kier molecular flexibility index (Phi) is 6.21. The van der Waals surface area contributed by atoms with Crippen LogP contribution < -0.4 is 5.32 Å². The van der Waals surface area contributed by atoms with E-state index in [1.54, 1.807) is 0 Å². The van der Waals surface area contributed by atoms with Crippen LogP contribution in [0.1, 0.15) is 15.9 Å². The van der Waals surface area contributed by atoms with Crippen molar-refractivity contribution in [2.45, 2.75) is 11.0 Å². The van der Waals surface area contributed by atoms with Crippen LogP contribution in [0.2, 0.25) is 0 Å². The summed E-state index contributed by atoms with van der Waals surface area (Å²) in [5.74, 6) is -1.56. The van der Waals surface area contributed by atoms with Crippen molar-refractivity contribution in [3.63, 3.8) is 0 Å². The van der Waals surface area contributed by atoms with Gasteiger partial charge in [0.1, 0.15) is 4.83 Å². The molecule has 0 aliphatic rings. The maximum atomic E-state index is 12.9. The Balaban J connectivity index is 2.91. The molecule has 0 saturated carbocycles. The summed E-state index contributed by atoms with van der Waals surface area (Å²) in [4.78, 5) is 22.1. The van der Waals surface area contributed by atoms with Crippen LogP contribution in [0.3, 0.4) is 0 Å². The number of hydrogen-bond acceptors (Lipinski definition) is 3. The van der Waals surface area contributed by atoms with E-state index in [4.69, 9.17) is 0 Å². The highest BCUT2D eigenvalue weighted by atomic mass is 79.9. The normalized spacial score (nSPS) is 12.7. The summed E-state index contributed by atoms with van der Waals surface area (Å²) in [5, 5.41) is 2.24. The fourth-order valence-corrected chi connectivity index (χ4v) is 2.15. The van der Waals surface area contributed by atoms with Crippen LogP contribution in [0, 0.1) is 0 Å². The molecule has 1 rings (SSSR count). The van der Waals surface area contributed by atoms with Crippen molar-refractivity contribution in [3.8, 4) is 0 Å². The van der Waals surface area contributed by atoms with Gasteiger partial charge in [0.2, 0.25) is 0 Å². The van der Waals surface area contributed by atoms with E-state index in [-0.39, 0.29) is 11.0 Å². The molecule has 116 valence electrons. The second kappa shape index (κ2) is 7.26. The number of carbonyl (C=O) groups is 2. The standard InChI is InChI=1S/C12H10Br2F3NO3/c1-21-11(20)9(14)5-18-10(19)7-3-2-6(13)4-8(7)12(15,16)17/h2-4,9H,5H2,1H3,(H,18,19). The summed E-state index contributed by atoms with van der Waals surface area (Å²) >= 11 is 5.88. The molecule has 0 fully saturated rings.